The fourth-order valence-corrected chi connectivity index (χ4v) is 9.57. The number of amides is 3. The number of hydrogen-bond donors (Lipinski definition) is 3. The summed E-state index contributed by atoms with van der Waals surface area (Å²) in [5.74, 6) is 4.75. The first-order valence-electron chi connectivity index (χ1n) is 12.3. The average molecular weight is 400 g/mol. The van der Waals surface area contributed by atoms with Gasteiger partial charge in [-0.25, -0.2) is 4.79 Å². The van der Waals surface area contributed by atoms with E-state index in [9.17, 15) is 9.59 Å². The van der Waals surface area contributed by atoms with Crippen molar-refractivity contribution in [3.63, 3.8) is 0 Å². The van der Waals surface area contributed by atoms with Gasteiger partial charge in [-0.1, -0.05) is 0 Å². The van der Waals surface area contributed by atoms with Crippen LogP contribution in [0.4, 0.5) is 4.79 Å². The number of carbonyl (C=O) groups excluding carboxylic acids is 2. The van der Waals surface area contributed by atoms with Crippen LogP contribution < -0.4 is 16.0 Å². The van der Waals surface area contributed by atoms with E-state index in [1.54, 1.807) is 0 Å². The molecule has 160 valence electrons. The molecular weight excluding hydrogens is 362 g/mol. The summed E-state index contributed by atoms with van der Waals surface area (Å²) in [7, 11) is 0. The molecule has 1 atom stereocenters. The maximum Gasteiger partial charge on any atom is 0.321 e. The molecule has 5 nitrogen and oxygen atoms in total. The van der Waals surface area contributed by atoms with Crippen LogP contribution in [-0.4, -0.2) is 29.1 Å². The van der Waals surface area contributed by atoms with Crippen molar-refractivity contribution in [2.75, 3.05) is 0 Å². The highest BCUT2D eigenvalue weighted by molar-refractivity contribution is 5.97. The SMILES string of the molecule is C[C@H](NC12CC3CC(CC(C3)C1)C2)C(=O)NC(=O)NC12CC3CC(CC(C3)C1)C2. The zero-order chi connectivity index (χ0) is 19.8. The Bertz CT molecular complexity index is 646. The molecule has 8 aliphatic carbocycles. The van der Waals surface area contributed by atoms with Gasteiger partial charge in [0, 0.05) is 11.1 Å². The molecule has 8 aliphatic rings. The summed E-state index contributed by atoms with van der Waals surface area (Å²) < 4.78 is 0. The fraction of sp³-hybridized carbons (Fsp3) is 0.917. The first kappa shape index (κ1) is 18.7. The molecule has 0 aromatic carbocycles. The molecule has 0 heterocycles. The third kappa shape index (κ3) is 3.32. The molecule has 3 N–H and O–H groups in total. The summed E-state index contributed by atoms with van der Waals surface area (Å²) in [6.45, 7) is 1.94. The number of rotatable bonds is 4. The van der Waals surface area contributed by atoms with E-state index in [0.717, 1.165) is 54.8 Å². The Balaban J connectivity index is 1.06. The van der Waals surface area contributed by atoms with E-state index < -0.39 is 0 Å². The lowest BCUT2D eigenvalue weighted by molar-refractivity contribution is -0.123. The van der Waals surface area contributed by atoms with Crippen molar-refractivity contribution >= 4 is 11.9 Å². The molecule has 8 fully saturated rings. The highest BCUT2D eigenvalue weighted by Crippen LogP contribution is 2.56. The quantitative estimate of drug-likeness (QED) is 0.675. The Hall–Kier alpha value is -1.10. The summed E-state index contributed by atoms with van der Waals surface area (Å²) in [6.07, 6.45) is 15.3. The van der Waals surface area contributed by atoms with E-state index in [-0.39, 0.29) is 29.1 Å². The van der Waals surface area contributed by atoms with Gasteiger partial charge in [0.15, 0.2) is 0 Å². The maximum absolute atomic E-state index is 12.8. The summed E-state index contributed by atoms with van der Waals surface area (Å²) >= 11 is 0. The van der Waals surface area contributed by atoms with Crippen LogP contribution in [-0.2, 0) is 4.79 Å². The minimum absolute atomic E-state index is 0.0459. The van der Waals surface area contributed by atoms with Crippen LogP contribution in [0.2, 0.25) is 0 Å². The number of urea groups is 1. The predicted molar refractivity (Wildman–Crippen MR) is 111 cm³/mol. The lowest BCUT2D eigenvalue weighted by Gasteiger charge is -2.57. The summed E-state index contributed by atoms with van der Waals surface area (Å²) in [5.41, 5.74) is 0.0949. The van der Waals surface area contributed by atoms with E-state index in [1.165, 1.54) is 57.8 Å². The number of hydrogen-bond acceptors (Lipinski definition) is 3. The number of nitrogens with one attached hydrogen (secondary N) is 3. The highest BCUT2D eigenvalue weighted by Gasteiger charge is 2.53. The van der Waals surface area contributed by atoms with Gasteiger partial charge in [0.2, 0.25) is 5.91 Å². The van der Waals surface area contributed by atoms with Crippen LogP contribution in [0.15, 0.2) is 0 Å². The largest absolute Gasteiger partial charge is 0.332 e. The van der Waals surface area contributed by atoms with Crippen molar-refractivity contribution in [2.24, 2.45) is 35.5 Å². The first-order valence-corrected chi connectivity index (χ1v) is 12.3. The standard InChI is InChI=1S/C24H37N3O2/c1-14(26-23-8-15-2-16(9-23)4-17(3-15)10-23)21(28)25-22(29)27-24-11-18-5-19(12-24)7-20(6-18)13-24/h14-20,26H,2-13H2,1H3,(H2,25,27,28,29)/t14-,15?,16?,17?,18?,19?,20?,23?,24?/m0/s1. The minimum Gasteiger partial charge on any atom is -0.332 e. The molecule has 0 unspecified atom stereocenters. The van der Waals surface area contributed by atoms with Crippen LogP contribution in [0.1, 0.15) is 84.0 Å². The molecule has 0 aliphatic heterocycles. The molecule has 8 rings (SSSR count). The molecule has 0 aromatic rings. The van der Waals surface area contributed by atoms with E-state index >= 15 is 0 Å². The lowest BCUT2D eigenvalue weighted by Crippen LogP contribution is -2.64. The van der Waals surface area contributed by atoms with Crippen molar-refractivity contribution in [1.29, 1.82) is 0 Å². The van der Waals surface area contributed by atoms with E-state index in [4.69, 9.17) is 0 Å². The monoisotopic (exact) mass is 399 g/mol. The minimum atomic E-state index is -0.312. The Morgan fingerprint density at radius 3 is 1.48 bits per heavy atom. The summed E-state index contributed by atoms with van der Waals surface area (Å²) in [5, 5.41) is 9.65. The smallest absolute Gasteiger partial charge is 0.321 e. The molecule has 29 heavy (non-hydrogen) atoms. The number of imide groups is 1. The second-order valence-electron chi connectivity index (χ2n) is 12.2. The Kier molecular flexibility index (Phi) is 4.15. The van der Waals surface area contributed by atoms with Gasteiger partial charge in [-0.05, 0) is 119 Å². The Labute approximate surface area is 174 Å². The topological polar surface area (TPSA) is 70.2 Å². The van der Waals surface area contributed by atoms with E-state index in [0.29, 0.717) is 0 Å². The molecule has 3 amide bonds. The van der Waals surface area contributed by atoms with Crippen LogP contribution >= 0.6 is 0 Å². The van der Waals surface area contributed by atoms with Gasteiger partial charge in [-0.2, -0.15) is 0 Å². The van der Waals surface area contributed by atoms with Crippen LogP contribution in [0.3, 0.4) is 0 Å². The van der Waals surface area contributed by atoms with Gasteiger partial charge in [0.1, 0.15) is 0 Å². The highest BCUT2D eigenvalue weighted by atomic mass is 16.2. The zero-order valence-electron chi connectivity index (χ0n) is 17.8. The Morgan fingerprint density at radius 1 is 0.690 bits per heavy atom. The van der Waals surface area contributed by atoms with Gasteiger partial charge in [-0.15, -0.1) is 0 Å². The molecule has 8 saturated carbocycles. The van der Waals surface area contributed by atoms with Crippen LogP contribution in [0.5, 0.6) is 0 Å². The van der Waals surface area contributed by atoms with Gasteiger partial charge in [0.25, 0.3) is 0 Å². The zero-order valence-corrected chi connectivity index (χ0v) is 17.8. The molecule has 8 bridgehead atoms. The van der Waals surface area contributed by atoms with Gasteiger partial charge in [-0.3, -0.25) is 10.1 Å². The van der Waals surface area contributed by atoms with Gasteiger partial charge >= 0.3 is 6.03 Å². The van der Waals surface area contributed by atoms with Crippen molar-refractivity contribution in [2.45, 2.75) is 101 Å². The third-order valence-electron chi connectivity index (χ3n) is 9.61. The van der Waals surface area contributed by atoms with Gasteiger partial charge in [0.05, 0.1) is 6.04 Å². The molecule has 0 radical (unpaired) electrons. The van der Waals surface area contributed by atoms with Crippen molar-refractivity contribution < 1.29 is 9.59 Å². The summed E-state index contributed by atoms with van der Waals surface area (Å²) in [4.78, 5) is 25.6. The Morgan fingerprint density at radius 2 is 1.07 bits per heavy atom. The second kappa shape index (κ2) is 6.45. The first-order chi connectivity index (χ1) is 13.9. The molecule has 5 heteroatoms. The van der Waals surface area contributed by atoms with Crippen LogP contribution in [0.25, 0.3) is 0 Å². The van der Waals surface area contributed by atoms with Crippen molar-refractivity contribution in [3.05, 3.63) is 0 Å². The van der Waals surface area contributed by atoms with Gasteiger partial charge < -0.3 is 10.6 Å². The normalized spacial score (nSPS) is 49.8. The fourth-order valence-electron chi connectivity index (χ4n) is 9.57. The molecule has 0 saturated heterocycles. The summed E-state index contributed by atoms with van der Waals surface area (Å²) in [6, 6.07) is -0.579. The molecular formula is C24H37N3O2. The predicted octanol–water partition coefficient (Wildman–Crippen LogP) is 3.73. The third-order valence-corrected chi connectivity index (χ3v) is 9.61. The maximum atomic E-state index is 12.8. The number of carbonyl (C=O) groups is 2. The van der Waals surface area contributed by atoms with Crippen molar-refractivity contribution in [1.82, 2.24) is 16.0 Å². The lowest BCUT2D eigenvalue weighted by atomic mass is 9.53. The van der Waals surface area contributed by atoms with E-state index in [1.807, 2.05) is 6.92 Å². The van der Waals surface area contributed by atoms with Crippen LogP contribution in [0, 0.1) is 35.5 Å². The molecule has 0 aromatic heterocycles. The average Bonchev–Trinajstić information content (AvgIpc) is 2.58. The van der Waals surface area contributed by atoms with Crippen molar-refractivity contribution in [3.8, 4) is 0 Å². The molecule has 0 spiro atoms. The second-order valence-corrected chi connectivity index (χ2v) is 12.2. The van der Waals surface area contributed by atoms with E-state index in [2.05, 4.69) is 16.0 Å².